The van der Waals surface area contributed by atoms with Gasteiger partial charge in [0.05, 0.1) is 48.4 Å². The lowest BCUT2D eigenvalue weighted by molar-refractivity contribution is 0.0684. The minimum atomic E-state index is -3.92. The van der Waals surface area contributed by atoms with Crippen molar-refractivity contribution in [3.05, 3.63) is 285 Å². The van der Waals surface area contributed by atoms with Gasteiger partial charge in [-0.15, -0.1) is 0 Å². The third-order valence-electron chi connectivity index (χ3n) is 14.5. The normalized spacial score (nSPS) is 11.3. The molecule has 0 aliphatic rings. The average molecular weight is 1260 g/mol. The van der Waals surface area contributed by atoms with E-state index in [9.17, 15) is 59.3 Å². The maximum Gasteiger partial charge on any atom is 0.335 e. The number of anilines is 3. The number of benzene rings is 9. The molecule has 6 N–H and O–H groups in total. The number of carboxylic acid groups (broad SMARTS) is 3. The van der Waals surface area contributed by atoms with E-state index in [2.05, 4.69) is 28.0 Å². The molecule has 0 radical (unpaired) electrons. The Bertz CT molecular complexity index is 4090. The summed E-state index contributed by atoms with van der Waals surface area (Å²) in [5, 5.41) is 27.9. The molecule has 0 unspecified atom stereocenters. The first-order valence-corrected chi connectivity index (χ1v) is 33.1. The summed E-state index contributed by atoms with van der Waals surface area (Å²) in [4.78, 5) is 34.3. The van der Waals surface area contributed by atoms with Crippen molar-refractivity contribution in [1.82, 2.24) is 0 Å². The molecule has 0 fully saturated rings. The zero-order chi connectivity index (χ0) is 64.1. The second kappa shape index (κ2) is 31.5. The van der Waals surface area contributed by atoms with Crippen LogP contribution in [0.2, 0.25) is 0 Å². The summed E-state index contributed by atoms with van der Waals surface area (Å²) in [5.41, 5.74) is 9.16. The summed E-state index contributed by atoms with van der Waals surface area (Å²) in [7, 11) is -11.3. The molecule has 0 aliphatic carbocycles. The van der Waals surface area contributed by atoms with Gasteiger partial charge in [0.15, 0.2) is 0 Å². The number of sulfonamides is 3. The van der Waals surface area contributed by atoms with Gasteiger partial charge in [0.25, 0.3) is 30.1 Å². The van der Waals surface area contributed by atoms with Crippen LogP contribution in [-0.4, -0.2) is 58.5 Å². The van der Waals surface area contributed by atoms with Gasteiger partial charge in [0.2, 0.25) is 0 Å². The van der Waals surface area contributed by atoms with Crippen LogP contribution >= 0.6 is 0 Å². The highest BCUT2D eigenvalue weighted by atomic mass is 32.2. The lowest BCUT2D eigenvalue weighted by Crippen LogP contribution is -2.14. The Hall–Kier alpha value is -9.43. The highest BCUT2D eigenvalue weighted by molar-refractivity contribution is 7.93. The Kier molecular flexibility index (Phi) is 23.7. The van der Waals surface area contributed by atoms with Crippen molar-refractivity contribution in [2.45, 2.75) is 99.2 Å². The van der Waals surface area contributed by atoms with Crippen molar-refractivity contribution >= 4 is 65.0 Å². The number of hydrogen-bond donors (Lipinski definition) is 6. The second-order valence-electron chi connectivity index (χ2n) is 21.2. The maximum atomic E-state index is 13.4. The highest BCUT2D eigenvalue weighted by Gasteiger charge is 2.20. The van der Waals surface area contributed by atoms with Gasteiger partial charge in [0.1, 0.15) is 5.82 Å². The molecule has 0 amide bonds. The van der Waals surface area contributed by atoms with Crippen LogP contribution in [0.4, 0.5) is 21.5 Å². The van der Waals surface area contributed by atoms with Gasteiger partial charge in [-0.05, 0) is 194 Å². The van der Waals surface area contributed by atoms with Crippen molar-refractivity contribution in [3.63, 3.8) is 0 Å². The predicted octanol–water partition coefficient (Wildman–Crippen LogP) is 14.7. The summed E-state index contributed by atoms with van der Waals surface area (Å²) in [5.74, 6) is -3.14. The molecule has 0 atom stereocenters. The third-order valence-corrected chi connectivity index (χ3v) is 18.6. The molecule has 0 aliphatic heterocycles. The smallest absolute Gasteiger partial charge is 0.335 e. The first kappa shape index (κ1) is 67.1. The average Bonchev–Trinajstić information content (AvgIpc) is 2.43. The molecule has 9 aromatic carbocycles. The van der Waals surface area contributed by atoms with Crippen LogP contribution in [0, 0.1) is 12.7 Å². The molecule has 0 aromatic heterocycles. The maximum absolute atomic E-state index is 13.4. The number of hydrogen-bond acceptors (Lipinski definition) is 9. The minimum Gasteiger partial charge on any atom is -0.478 e. The number of aromatic carboxylic acids is 3. The molecular formula is C70H70FN3O12S3. The zero-order valence-corrected chi connectivity index (χ0v) is 51.8. The summed E-state index contributed by atoms with van der Waals surface area (Å²) >= 11 is 0. The van der Waals surface area contributed by atoms with Gasteiger partial charge in [0, 0.05) is 0 Å². The monoisotopic (exact) mass is 1260 g/mol. The molecule has 15 nitrogen and oxygen atoms in total. The Morgan fingerprint density at radius 3 is 1.01 bits per heavy atom. The van der Waals surface area contributed by atoms with Crippen LogP contribution in [0.5, 0.6) is 0 Å². The van der Waals surface area contributed by atoms with E-state index < -0.39 is 53.8 Å². The number of rotatable bonds is 25. The fourth-order valence-corrected chi connectivity index (χ4v) is 13.3. The van der Waals surface area contributed by atoms with Crippen LogP contribution in [-0.2, 0) is 68.6 Å². The number of carboxylic acids is 3. The van der Waals surface area contributed by atoms with E-state index in [1.807, 2.05) is 79.7 Å². The van der Waals surface area contributed by atoms with Crippen LogP contribution < -0.4 is 14.2 Å². The molecular weight excluding hydrogens is 1190 g/mol. The molecule has 0 saturated carbocycles. The molecule has 0 spiro atoms. The number of aryl methyl sites for hydroxylation is 7. The summed E-state index contributed by atoms with van der Waals surface area (Å²) in [6.45, 7) is 5.97. The Morgan fingerprint density at radius 1 is 0.371 bits per heavy atom. The van der Waals surface area contributed by atoms with E-state index in [4.69, 9.17) is 0 Å². The second-order valence-corrected chi connectivity index (χ2v) is 26.3. The fraction of sp³-hybridized carbons (Fsp3) is 0.186. The van der Waals surface area contributed by atoms with Crippen LogP contribution in [0.1, 0.15) is 115 Å². The van der Waals surface area contributed by atoms with Crippen molar-refractivity contribution in [3.8, 4) is 0 Å². The van der Waals surface area contributed by atoms with E-state index in [1.54, 1.807) is 121 Å². The highest BCUT2D eigenvalue weighted by Crippen LogP contribution is 2.27. The lowest BCUT2D eigenvalue weighted by atomic mass is 9.99. The fourth-order valence-electron chi connectivity index (χ4n) is 9.82. The zero-order valence-electron chi connectivity index (χ0n) is 49.3. The van der Waals surface area contributed by atoms with Crippen molar-refractivity contribution in [2.24, 2.45) is 0 Å². The number of carbonyl (C=O) groups is 3. The first-order valence-electron chi connectivity index (χ1n) is 28.7. The molecule has 0 saturated heterocycles. The Balaban J connectivity index is 0.000000190. The van der Waals surface area contributed by atoms with Crippen LogP contribution in [0.25, 0.3) is 0 Å². The topological polar surface area (TPSA) is 250 Å². The van der Waals surface area contributed by atoms with Gasteiger partial charge in [-0.3, -0.25) is 14.2 Å². The van der Waals surface area contributed by atoms with Crippen LogP contribution in [0.15, 0.2) is 233 Å². The van der Waals surface area contributed by atoms with E-state index in [0.29, 0.717) is 91.9 Å². The summed E-state index contributed by atoms with van der Waals surface area (Å²) in [6, 6.07) is 60.8. The van der Waals surface area contributed by atoms with Gasteiger partial charge < -0.3 is 15.3 Å². The van der Waals surface area contributed by atoms with Gasteiger partial charge in [-0.1, -0.05) is 153 Å². The van der Waals surface area contributed by atoms with Crippen LogP contribution in [0.3, 0.4) is 0 Å². The van der Waals surface area contributed by atoms with Gasteiger partial charge in [-0.25, -0.2) is 44.0 Å². The third kappa shape index (κ3) is 19.5. The van der Waals surface area contributed by atoms with E-state index >= 15 is 0 Å². The van der Waals surface area contributed by atoms with Gasteiger partial charge >= 0.3 is 17.9 Å². The van der Waals surface area contributed by atoms with Crippen molar-refractivity contribution in [1.29, 1.82) is 0 Å². The molecule has 462 valence electrons. The van der Waals surface area contributed by atoms with E-state index in [0.717, 1.165) is 50.6 Å². The van der Waals surface area contributed by atoms with E-state index in [1.165, 1.54) is 18.2 Å². The standard InChI is InChI=1S/C25H27NO4S.C23H23NO4S.C22H20FNO4S/c1-18(2)19-14-16-22(17-15-19)31(29,30)26-24-13-6-4-9-21(24)11-7-10-20-8-3-5-12-23(20)25(27)28;1-17-8-6-13-20(16-17)29(27,28)24-22-15-5-3-10-19(22)12-7-11-18-9-2-4-14-21(18)23(25)26;23-18-11-6-12-19(15-18)29(27,28)24-21-14-4-2-8-17(21)10-5-9-16-7-1-3-13-20(16)22(25)26/h3-6,8-9,12-18,26H,7,10-11H2,1-2H3,(H,27,28);2-6,8-10,13-16,24H,7,11-12H2,1H3,(H,25,26);1-4,6-8,11-15,24H,5,9-10H2,(H,25,26). The molecule has 0 heterocycles. The number of halogens is 1. The van der Waals surface area contributed by atoms with E-state index in [-0.39, 0.29) is 20.2 Å². The minimum absolute atomic E-state index is 0.150. The van der Waals surface area contributed by atoms with Crippen molar-refractivity contribution < 1.29 is 59.3 Å². The Labute approximate surface area is 520 Å². The SMILES string of the molecule is CC(C)c1ccc(S(=O)(=O)Nc2ccccc2CCCc2ccccc2C(=O)O)cc1.Cc1cccc(S(=O)(=O)Nc2ccccc2CCCc2ccccc2C(=O)O)c1.O=C(O)c1ccccc1CCCc1ccccc1NS(=O)(=O)c1cccc(F)c1. The summed E-state index contributed by atoms with van der Waals surface area (Å²) < 4.78 is 97.7. The van der Waals surface area contributed by atoms with Gasteiger partial charge in [-0.2, -0.15) is 0 Å². The van der Waals surface area contributed by atoms with Crippen molar-refractivity contribution in [2.75, 3.05) is 14.2 Å². The predicted molar refractivity (Wildman–Crippen MR) is 346 cm³/mol. The number of para-hydroxylation sites is 3. The Morgan fingerprint density at radius 2 is 0.674 bits per heavy atom. The molecule has 89 heavy (non-hydrogen) atoms. The lowest BCUT2D eigenvalue weighted by Gasteiger charge is -2.14. The first-order chi connectivity index (χ1) is 42.5. The number of nitrogens with one attached hydrogen (secondary N) is 3. The molecule has 0 bridgehead atoms. The molecule has 9 aromatic rings. The molecule has 9 rings (SSSR count). The summed E-state index contributed by atoms with van der Waals surface area (Å²) in [6.07, 6.45) is 5.59. The largest absolute Gasteiger partial charge is 0.478 e. The molecule has 19 heteroatoms. The quantitative estimate of drug-likeness (QED) is 0.0313.